The van der Waals surface area contributed by atoms with Crippen LogP contribution in [0.25, 0.3) is 0 Å². The van der Waals surface area contributed by atoms with Crippen molar-refractivity contribution in [2.45, 2.75) is 69.2 Å². The Kier molecular flexibility index (Phi) is 4.41. The maximum atomic E-state index is 13.2. The molecule has 0 bridgehead atoms. The second kappa shape index (κ2) is 6.64. The van der Waals surface area contributed by atoms with Gasteiger partial charge in [0.25, 0.3) is 0 Å². The van der Waals surface area contributed by atoms with Gasteiger partial charge in [0.15, 0.2) is 0 Å². The molecule has 26 heavy (non-hydrogen) atoms. The van der Waals surface area contributed by atoms with Gasteiger partial charge in [-0.2, -0.15) is 0 Å². The number of hydrogen-bond acceptors (Lipinski definition) is 4. The van der Waals surface area contributed by atoms with Crippen LogP contribution in [0, 0.1) is 11.3 Å². The molecule has 2 saturated carbocycles. The number of carbonyl (C=O) groups excluding carboxylic acids is 1. The third kappa shape index (κ3) is 2.60. The second-order valence-electron chi connectivity index (χ2n) is 9.17. The van der Waals surface area contributed by atoms with E-state index in [0.29, 0.717) is 18.1 Å². The zero-order valence-electron chi connectivity index (χ0n) is 16.0. The summed E-state index contributed by atoms with van der Waals surface area (Å²) >= 11 is 0. The molecule has 6 heteroatoms. The molecule has 0 aromatic rings. The highest BCUT2D eigenvalue weighted by atomic mass is 16.5. The van der Waals surface area contributed by atoms with Crippen LogP contribution >= 0.6 is 0 Å². The molecule has 0 aromatic carbocycles. The first-order chi connectivity index (χ1) is 12.7. The molecule has 0 radical (unpaired) electrons. The van der Waals surface area contributed by atoms with Crippen molar-refractivity contribution >= 4 is 6.03 Å². The number of hydrogen-bond donors (Lipinski definition) is 1. The van der Waals surface area contributed by atoms with Crippen LogP contribution in [0.1, 0.15) is 44.9 Å². The summed E-state index contributed by atoms with van der Waals surface area (Å²) < 4.78 is 11.6. The van der Waals surface area contributed by atoms with Crippen molar-refractivity contribution in [3.8, 4) is 0 Å². The number of ether oxygens (including phenoxy) is 2. The van der Waals surface area contributed by atoms with Gasteiger partial charge in [0, 0.05) is 50.2 Å². The van der Waals surface area contributed by atoms with Gasteiger partial charge >= 0.3 is 6.03 Å². The topological polar surface area (TPSA) is 54.0 Å². The molecule has 5 aliphatic rings. The number of amides is 2. The molecule has 3 unspecified atom stereocenters. The average molecular weight is 364 g/mol. The molecule has 5 fully saturated rings. The summed E-state index contributed by atoms with van der Waals surface area (Å²) in [6.07, 6.45) is 8.96. The van der Waals surface area contributed by atoms with E-state index in [1.807, 2.05) is 0 Å². The molecular formula is C20H33N3O3. The van der Waals surface area contributed by atoms with E-state index in [0.717, 1.165) is 32.5 Å². The van der Waals surface area contributed by atoms with Crippen LogP contribution in [0.15, 0.2) is 0 Å². The summed E-state index contributed by atoms with van der Waals surface area (Å²) in [6.45, 7) is 4.95. The molecule has 3 aliphatic heterocycles. The number of nitrogens with one attached hydrogen (secondary N) is 1. The lowest BCUT2D eigenvalue weighted by Crippen LogP contribution is -2.72. The Morgan fingerprint density at radius 3 is 2.77 bits per heavy atom. The lowest BCUT2D eigenvalue weighted by molar-refractivity contribution is -0.172. The van der Waals surface area contributed by atoms with Gasteiger partial charge in [0.05, 0.1) is 12.2 Å². The summed E-state index contributed by atoms with van der Waals surface area (Å²) in [5.74, 6) is 0.539. The number of carbonyl (C=O) groups is 1. The number of likely N-dealkylation sites (tertiary alicyclic amines) is 2. The standard InChI is InChI=1S/C20H33N3O3/c1-25-15-11-14(12-22-8-2-3-9-22)23(13-15)19(24)21-17-16-5-10-26-18(16)20(17)6-4-7-20/h14-18H,2-13H2,1H3,(H,21,24)/t14-,15-,16?,17?,18?/m0/s1. The number of fused-ring (bicyclic) bond motifs is 2. The van der Waals surface area contributed by atoms with Crippen molar-refractivity contribution in [2.24, 2.45) is 11.3 Å². The van der Waals surface area contributed by atoms with Crippen molar-refractivity contribution in [1.82, 2.24) is 15.1 Å². The molecule has 6 nitrogen and oxygen atoms in total. The lowest BCUT2D eigenvalue weighted by Gasteiger charge is -2.63. The molecule has 0 aromatic heterocycles. The summed E-state index contributed by atoms with van der Waals surface area (Å²) in [5, 5.41) is 3.45. The fraction of sp³-hybridized carbons (Fsp3) is 0.950. The minimum atomic E-state index is 0.135. The van der Waals surface area contributed by atoms with Gasteiger partial charge in [-0.1, -0.05) is 6.42 Å². The van der Waals surface area contributed by atoms with Crippen LogP contribution in [0.3, 0.4) is 0 Å². The van der Waals surface area contributed by atoms with E-state index in [2.05, 4.69) is 15.1 Å². The van der Waals surface area contributed by atoms with Gasteiger partial charge in [-0.3, -0.25) is 0 Å². The van der Waals surface area contributed by atoms with E-state index in [9.17, 15) is 4.79 Å². The molecule has 3 heterocycles. The third-order valence-corrected chi connectivity index (χ3v) is 7.95. The lowest BCUT2D eigenvalue weighted by atomic mass is 9.46. The monoisotopic (exact) mass is 363 g/mol. The Bertz CT molecular complexity index is 546. The molecule has 146 valence electrons. The minimum absolute atomic E-state index is 0.135. The van der Waals surface area contributed by atoms with E-state index in [1.54, 1.807) is 7.11 Å². The number of methoxy groups -OCH3 is 1. The van der Waals surface area contributed by atoms with E-state index in [4.69, 9.17) is 9.47 Å². The molecule has 1 spiro atoms. The van der Waals surface area contributed by atoms with Crippen molar-refractivity contribution in [1.29, 1.82) is 0 Å². The van der Waals surface area contributed by atoms with Crippen LogP contribution in [0.4, 0.5) is 4.79 Å². The van der Waals surface area contributed by atoms with Crippen LogP contribution < -0.4 is 5.32 Å². The Morgan fingerprint density at radius 2 is 2.08 bits per heavy atom. The Labute approximate surface area is 156 Å². The maximum Gasteiger partial charge on any atom is 0.318 e. The van der Waals surface area contributed by atoms with E-state index >= 15 is 0 Å². The molecule has 2 aliphatic carbocycles. The highest BCUT2D eigenvalue weighted by Gasteiger charge is 2.67. The van der Waals surface area contributed by atoms with Crippen LogP contribution in [-0.2, 0) is 9.47 Å². The van der Waals surface area contributed by atoms with Crippen LogP contribution in [0.2, 0.25) is 0 Å². The fourth-order valence-electron chi connectivity index (χ4n) is 6.40. The van der Waals surface area contributed by atoms with Crippen molar-refractivity contribution in [3.63, 3.8) is 0 Å². The highest BCUT2D eigenvalue weighted by molar-refractivity contribution is 5.76. The molecule has 2 amide bonds. The molecule has 5 rings (SSSR count). The summed E-state index contributed by atoms with van der Waals surface area (Å²) in [7, 11) is 1.77. The van der Waals surface area contributed by atoms with E-state index < -0.39 is 0 Å². The molecule has 3 saturated heterocycles. The normalized spacial score (nSPS) is 41.1. The second-order valence-corrected chi connectivity index (χ2v) is 9.17. The number of rotatable bonds is 4. The van der Waals surface area contributed by atoms with E-state index in [1.165, 1.54) is 45.2 Å². The van der Waals surface area contributed by atoms with Crippen LogP contribution in [0.5, 0.6) is 0 Å². The van der Waals surface area contributed by atoms with Gasteiger partial charge in [0.1, 0.15) is 0 Å². The fourth-order valence-corrected chi connectivity index (χ4v) is 6.40. The van der Waals surface area contributed by atoms with Gasteiger partial charge in [-0.05, 0) is 51.6 Å². The summed E-state index contributed by atoms with van der Waals surface area (Å²) in [5.41, 5.74) is 0.252. The SMILES string of the molecule is CO[C@H]1C[C@@H](CN2CCCC2)N(C(=O)NC2C3CCOC3C23CCC3)C1. The van der Waals surface area contributed by atoms with Gasteiger partial charge < -0.3 is 24.6 Å². The van der Waals surface area contributed by atoms with Crippen molar-refractivity contribution < 1.29 is 14.3 Å². The summed E-state index contributed by atoms with van der Waals surface area (Å²) in [6, 6.07) is 0.742. The summed E-state index contributed by atoms with van der Waals surface area (Å²) in [4.78, 5) is 17.8. The minimum Gasteiger partial charge on any atom is -0.380 e. The zero-order chi connectivity index (χ0) is 17.7. The van der Waals surface area contributed by atoms with Crippen molar-refractivity contribution in [2.75, 3.05) is 39.9 Å². The Hall–Kier alpha value is -0.850. The van der Waals surface area contributed by atoms with Gasteiger partial charge in [-0.25, -0.2) is 4.79 Å². The molecular weight excluding hydrogens is 330 g/mol. The third-order valence-electron chi connectivity index (χ3n) is 7.95. The molecule has 1 N–H and O–H groups in total. The maximum absolute atomic E-state index is 13.2. The van der Waals surface area contributed by atoms with Crippen molar-refractivity contribution in [3.05, 3.63) is 0 Å². The number of nitrogens with zero attached hydrogens (tertiary/aromatic N) is 2. The highest BCUT2D eigenvalue weighted by Crippen LogP contribution is 2.62. The Morgan fingerprint density at radius 1 is 1.27 bits per heavy atom. The largest absolute Gasteiger partial charge is 0.380 e. The van der Waals surface area contributed by atoms with Gasteiger partial charge in [0.2, 0.25) is 0 Å². The van der Waals surface area contributed by atoms with Gasteiger partial charge in [-0.15, -0.1) is 0 Å². The van der Waals surface area contributed by atoms with Crippen LogP contribution in [-0.4, -0.2) is 80.0 Å². The first kappa shape index (κ1) is 17.3. The molecule has 5 atom stereocenters. The predicted octanol–water partition coefficient (Wildman–Crippen LogP) is 1.84. The smallest absolute Gasteiger partial charge is 0.318 e. The number of urea groups is 1. The van der Waals surface area contributed by atoms with E-state index in [-0.39, 0.29) is 23.6 Å². The Balaban J connectivity index is 1.25. The predicted molar refractivity (Wildman–Crippen MR) is 98.0 cm³/mol. The quantitative estimate of drug-likeness (QED) is 0.828. The first-order valence-electron chi connectivity index (χ1n) is 10.7. The average Bonchev–Trinajstić information content (AvgIpc) is 3.32. The zero-order valence-corrected chi connectivity index (χ0v) is 16.0. The first-order valence-corrected chi connectivity index (χ1v) is 10.7.